The SMILES string of the molecule is N[C@H](Cc1ccc(Cl)cc1Cl)C(=O)N1Cc2ccc(CNS(=O)(=O)N3CC(O)C(O)C3)cc2C1. The molecule has 2 aromatic rings. The summed E-state index contributed by atoms with van der Waals surface area (Å²) in [7, 11) is -3.85. The highest BCUT2D eigenvalue weighted by molar-refractivity contribution is 7.87. The van der Waals surface area contributed by atoms with E-state index in [-0.39, 0.29) is 32.0 Å². The number of aliphatic hydroxyl groups is 2. The van der Waals surface area contributed by atoms with Crippen LogP contribution in [-0.2, 0) is 41.1 Å². The number of amides is 1. The molecular formula is C22H26Cl2N4O5S. The molecule has 2 aliphatic heterocycles. The minimum atomic E-state index is -3.85. The summed E-state index contributed by atoms with van der Waals surface area (Å²) in [5, 5.41) is 20.2. The molecule has 2 aliphatic rings. The number of hydrogen-bond acceptors (Lipinski definition) is 6. The van der Waals surface area contributed by atoms with Gasteiger partial charge in [0, 0.05) is 42.8 Å². The van der Waals surface area contributed by atoms with Gasteiger partial charge in [-0.05, 0) is 40.8 Å². The zero-order chi connectivity index (χ0) is 24.6. The second-order valence-corrected chi connectivity index (χ2v) is 11.2. The maximum atomic E-state index is 12.9. The largest absolute Gasteiger partial charge is 0.389 e. The van der Waals surface area contributed by atoms with Gasteiger partial charge in [-0.15, -0.1) is 0 Å². The molecule has 4 rings (SSSR count). The van der Waals surface area contributed by atoms with Crippen molar-refractivity contribution in [1.29, 1.82) is 0 Å². The van der Waals surface area contributed by atoms with E-state index in [1.165, 1.54) is 0 Å². The molecule has 0 radical (unpaired) electrons. The van der Waals surface area contributed by atoms with Crippen LogP contribution in [0, 0.1) is 0 Å². The Bertz CT molecular complexity index is 1190. The molecule has 9 nitrogen and oxygen atoms in total. The Hall–Kier alpha value is -1.76. The summed E-state index contributed by atoms with van der Waals surface area (Å²) in [4.78, 5) is 14.6. The van der Waals surface area contributed by atoms with Gasteiger partial charge in [-0.25, -0.2) is 0 Å². The van der Waals surface area contributed by atoms with Crippen molar-refractivity contribution in [3.05, 3.63) is 68.7 Å². The summed E-state index contributed by atoms with van der Waals surface area (Å²) in [5.41, 5.74) is 9.55. The number of benzene rings is 2. The minimum Gasteiger partial charge on any atom is -0.389 e. The van der Waals surface area contributed by atoms with Crippen LogP contribution in [0.3, 0.4) is 0 Å². The quantitative estimate of drug-likeness (QED) is 0.419. The van der Waals surface area contributed by atoms with E-state index in [0.717, 1.165) is 26.6 Å². The van der Waals surface area contributed by atoms with Gasteiger partial charge in [0.15, 0.2) is 0 Å². The highest BCUT2D eigenvalue weighted by atomic mass is 35.5. The normalized spacial score (nSPS) is 21.6. The monoisotopic (exact) mass is 528 g/mol. The number of carbonyl (C=O) groups is 1. The molecular weight excluding hydrogens is 503 g/mol. The Kier molecular flexibility index (Phi) is 7.51. The molecule has 2 heterocycles. The van der Waals surface area contributed by atoms with Gasteiger partial charge in [0.1, 0.15) is 0 Å². The Labute approximate surface area is 208 Å². The number of hydrogen-bond donors (Lipinski definition) is 4. The van der Waals surface area contributed by atoms with E-state index in [1.54, 1.807) is 29.2 Å². The third-order valence-electron chi connectivity index (χ3n) is 6.10. The van der Waals surface area contributed by atoms with Crippen molar-refractivity contribution in [3.8, 4) is 0 Å². The lowest BCUT2D eigenvalue weighted by Crippen LogP contribution is -2.42. The number of nitrogens with two attached hydrogens (primary N) is 1. The molecule has 184 valence electrons. The molecule has 2 aromatic carbocycles. The van der Waals surface area contributed by atoms with E-state index in [9.17, 15) is 23.4 Å². The second kappa shape index (κ2) is 10.1. The summed E-state index contributed by atoms with van der Waals surface area (Å²) >= 11 is 12.1. The summed E-state index contributed by atoms with van der Waals surface area (Å²) in [6.45, 7) is 0.534. The van der Waals surface area contributed by atoms with Gasteiger partial charge in [-0.2, -0.15) is 17.4 Å². The Morgan fingerprint density at radius 3 is 2.44 bits per heavy atom. The molecule has 0 aliphatic carbocycles. The van der Waals surface area contributed by atoms with Crippen LogP contribution in [0.1, 0.15) is 22.3 Å². The lowest BCUT2D eigenvalue weighted by Gasteiger charge is -2.20. The molecule has 1 saturated heterocycles. The van der Waals surface area contributed by atoms with Crippen molar-refractivity contribution in [2.75, 3.05) is 13.1 Å². The zero-order valence-electron chi connectivity index (χ0n) is 18.2. The van der Waals surface area contributed by atoms with Crippen molar-refractivity contribution in [2.24, 2.45) is 5.73 Å². The second-order valence-electron chi connectivity index (χ2n) is 8.62. The van der Waals surface area contributed by atoms with Crippen LogP contribution >= 0.6 is 23.2 Å². The van der Waals surface area contributed by atoms with Gasteiger partial charge in [0.25, 0.3) is 10.2 Å². The van der Waals surface area contributed by atoms with Crippen LogP contribution < -0.4 is 10.5 Å². The van der Waals surface area contributed by atoms with Gasteiger partial charge in [0.05, 0.1) is 18.2 Å². The average Bonchev–Trinajstić information content (AvgIpc) is 3.36. The number of fused-ring (bicyclic) bond motifs is 1. The summed E-state index contributed by atoms with van der Waals surface area (Å²) in [6.07, 6.45) is -1.90. The highest BCUT2D eigenvalue weighted by Crippen LogP contribution is 2.26. The molecule has 0 saturated carbocycles. The molecule has 3 atom stereocenters. The van der Waals surface area contributed by atoms with Crippen LogP contribution in [0.4, 0.5) is 0 Å². The van der Waals surface area contributed by atoms with Gasteiger partial charge in [-0.1, -0.05) is 47.5 Å². The average molecular weight is 529 g/mol. The molecule has 2 unspecified atom stereocenters. The lowest BCUT2D eigenvalue weighted by molar-refractivity contribution is -0.133. The first-order valence-electron chi connectivity index (χ1n) is 10.7. The Morgan fingerprint density at radius 1 is 1.09 bits per heavy atom. The van der Waals surface area contributed by atoms with Crippen LogP contribution in [-0.4, -0.2) is 65.1 Å². The van der Waals surface area contributed by atoms with Crippen molar-refractivity contribution in [2.45, 2.75) is 44.3 Å². The van der Waals surface area contributed by atoms with Gasteiger partial charge in [0.2, 0.25) is 5.91 Å². The first-order valence-corrected chi connectivity index (χ1v) is 12.9. The van der Waals surface area contributed by atoms with Crippen molar-refractivity contribution < 1.29 is 23.4 Å². The fourth-order valence-corrected chi connectivity index (χ4v) is 5.87. The summed E-state index contributed by atoms with van der Waals surface area (Å²) in [5.74, 6) is -0.199. The number of nitrogens with zero attached hydrogens (tertiary/aromatic N) is 2. The standard InChI is InChI=1S/C22H26Cl2N4O5S/c23-17-4-3-14(18(24)7-17)6-19(25)22(31)27-9-15-2-1-13(5-16(15)10-27)8-26-34(32,33)28-11-20(29)21(30)12-28/h1-5,7,19-21,26,29-30H,6,8-12,25H2/t19-,20?,21?/m1/s1. The van der Waals surface area contributed by atoms with Crippen LogP contribution in [0.5, 0.6) is 0 Å². The minimum absolute atomic E-state index is 0.0425. The Morgan fingerprint density at radius 2 is 1.76 bits per heavy atom. The van der Waals surface area contributed by atoms with Crippen LogP contribution in [0.25, 0.3) is 0 Å². The van der Waals surface area contributed by atoms with E-state index in [2.05, 4.69) is 4.72 Å². The molecule has 12 heteroatoms. The number of nitrogens with one attached hydrogen (secondary N) is 1. The number of β-amino-alcohol motifs (C(OH)–C–C–N with tert-alkyl or cyclic N) is 2. The molecule has 0 bridgehead atoms. The number of carbonyl (C=O) groups excluding carboxylic acids is 1. The van der Waals surface area contributed by atoms with E-state index in [1.807, 2.05) is 12.1 Å². The maximum Gasteiger partial charge on any atom is 0.279 e. The topological polar surface area (TPSA) is 136 Å². The van der Waals surface area contributed by atoms with E-state index in [4.69, 9.17) is 28.9 Å². The number of aliphatic hydroxyl groups excluding tert-OH is 2. The smallest absolute Gasteiger partial charge is 0.279 e. The van der Waals surface area contributed by atoms with Crippen LogP contribution in [0.15, 0.2) is 36.4 Å². The molecule has 1 fully saturated rings. The highest BCUT2D eigenvalue weighted by Gasteiger charge is 2.36. The zero-order valence-corrected chi connectivity index (χ0v) is 20.5. The van der Waals surface area contributed by atoms with Gasteiger partial charge in [-0.3, -0.25) is 4.79 Å². The first kappa shape index (κ1) is 25.3. The number of rotatable bonds is 7. The predicted molar refractivity (Wildman–Crippen MR) is 128 cm³/mol. The van der Waals surface area contributed by atoms with Crippen molar-refractivity contribution in [3.63, 3.8) is 0 Å². The maximum absolute atomic E-state index is 12.9. The summed E-state index contributed by atoms with van der Waals surface area (Å²) in [6, 6.07) is 9.85. The molecule has 5 N–H and O–H groups in total. The molecule has 0 aromatic heterocycles. The van der Waals surface area contributed by atoms with Gasteiger partial charge >= 0.3 is 0 Å². The summed E-state index contributed by atoms with van der Waals surface area (Å²) < 4.78 is 28.4. The fraction of sp³-hybridized carbons (Fsp3) is 0.409. The lowest BCUT2D eigenvalue weighted by atomic mass is 10.1. The molecule has 1 amide bonds. The van der Waals surface area contributed by atoms with E-state index >= 15 is 0 Å². The Balaban J connectivity index is 1.35. The van der Waals surface area contributed by atoms with Crippen molar-refractivity contribution in [1.82, 2.24) is 13.9 Å². The molecule has 34 heavy (non-hydrogen) atoms. The van der Waals surface area contributed by atoms with Gasteiger partial charge < -0.3 is 20.8 Å². The van der Waals surface area contributed by atoms with E-state index < -0.39 is 28.5 Å². The van der Waals surface area contributed by atoms with Crippen molar-refractivity contribution >= 4 is 39.3 Å². The third-order valence-corrected chi connectivity index (χ3v) is 8.18. The van der Waals surface area contributed by atoms with E-state index in [0.29, 0.717) is 23.1 Å². The third kappa shape index (κ3) is 5.55. The fourth-order valence-electron chi connectivity index (χ4n) is 4.16. The predicted octanol–water partition coefficient (Wildman–Crippen LogP) is 0.777. The first-order chi connectivity index (χ1) is 16.0. The molecule has 0 spiro atoms. The number of halogens is 2. The van der Waals surface area contributed by atoms with Crippen LogP contribution in [0.2, 0.25) is 10.0 Å².